The van der Waals surface area contributed by atoms with E-state index in [0.29, 0.717) is 31.1 Å². The van der Waals surface area contributed by atoms with Gasteiger partial charge in [0.1, 0.15) is 5.75 Å². The van der Waals surface area contributed by atoms with E-state index in [1.165, 1.54) is 7.11 Å². The van der Waals surface area contributed by atoms with Crippen molar-refractivity contribution in [3.8, 4) is 17.2 Å². The quantitative estimate of drug-likeness (QED) is 0.621. The molecule has 0 saturated carbocycles. The summed E-state index contributed by atoms with van der Waals surface area (Å²) in [6.45, 7) is 1.04. The van der Waals surface area contributed by atoms with Crippen molar-refractivity contribution >= 4 is 5.97 Å². The van der Waals surface area contributed by atoms with Crippen LogP contribution in [-0.4, -0.2) is 44.6 Å². The van der Waals surface area contributed by atoms with Gasteiger partial charge >= 0.3 is 5.97 Å². The summed E-state index contributed by atoms with van der Waals surface area (Å²) in [5.74, 6) is 1.18. The zero-order chi connectivity index (χ0) is 18.8. The maximum absolute atomic E-state index is 11.0. The topological polar surface area (TPSA) is 74.2 Å². The van der Waals surface area contributed by atoms with Crippen LogP contribution in [0.15, 0.2) is 48.5 Å². The first-order valence-corrected chi connectivity index (χ1v) is 8.37. The number of carboxylic acids is 1. The fraction of sp³-hybridized carbons (Fsp3) is 0.350. The van der Waals surface area contributed by atoms with Crippen LogP contribution in [0.1, 0.15) is 12.0 Å². The van der Waals surface area contributed by atoms with Gasteiger partial charge in [0.25, 0.3) is 0 Å². The van der Waals surface area contributed by atoms with E-state index in [-0.39, 0.29) is 0 Å². The third-order valence-electron chi connectivity index (χ3n) is 3.79. The van der Waals surface area contributed by atoms with Gasteiger partial charge in [-0.15, -0.1) is 0 Å². The van der Waals surface area contributed by atoms with Crippen LogP contribution in [0.2, 0.25) is 0 Å². The Labute approximate surface area is 153 Å². The molecule has 0 unspecified atom stereocenters. The highest BCUT2D eigenvalue weighted by molar-refractivity contribution is 5.72. The lowest BCUT2D eigenvalue weighted by Crippen LogP contribution is -2.24. The molecule has 2 rings (SSSR count). The molecule has 6 heteroatoms. The van der Waals surface area contributed by atoms with Gasteiger partial charge in [-0.1, -0.05) is 24.3 Å². The van der Waals surface area contributed by atoms with Crippen LogP contribution in [0.25, 0.3) is 0 Å². The number of carbonyl (C=O) groups is 1. The zero-order valence-corrected chi connectivity index (χ0v) is 15.0. The van der Waals surface area contributed by atoms with Crippen LogP contribution < -0.4 is 14.2 Å². The third-order valence-corrected chi connectivity index (χ3v) is 3.79. The Morgan fingerprint density at radius 2 is 1.62 bits per heavy atom. The second-order valence-corrected chi connectivity index (χ2v) is 5.61. The van der Waals surface area contributed by atoms with Crippen molar-refractivity contribution in [2.45, 2.75) is 18.9 Å². The van der Waals surface area contributed by atoms with Gasteiger partial charge in [-0.3, -0.25) is 0 Å². The van der Waals surface area contributed by atoms with E-state index < -0.39 is 12.1 Å². The van der Waals surface area contributed by atoms with E-state index in [0.717, 1.165) is 17.7 Å². The Balaban J connectivity index is 1.72. The number of ether oxygens (including phenoxy) is 4. The number of rotatable bonds is 11. The molecule has 0 radical (unpaired) electrons. The molecule has 2 aromatic rings. The summed E-state index contributed by atoms with van der Waals surface area (Å²) in [6.07, 6.45) is 0.206. The highest BCUT2D eigenvalue weighted by Gasteiger charge is 2.16. The molecule has 1 atom stereocenters. The standard InChI is InChI=1S/C20H24O6/c1-23-17-6-3-4-7-18(17)26-13-5-12-25-16-10-8-15(9-11-16)14-19(24-2)20(21)22/h3-4,6-11,19H,5,12-14H2,1-2H3,(H,21,22)/t19-/m0/s1. The Hall–Kier alpha value is -2.73. The van der Waals surface area contributed by atoms with Crippen LogP contribution >= 0.6 is 0 Å². The molecule has 2 aromatic carbocycles. The molecular weight excluding hydrogens is 336 g/mol. The van der Waals surface area contributed by atoms with Crippen molar-refractivity contribution in [2.75, 3.05) is 27.4 Å². The van der Waals surface area contributed by atoms with Gasteiger partial charge in [0, 0.05) is 20.0 Å². The second kappa shape index (κ2) is 10.3. The van der Waals surface area contributed by atoms with Gasteiger partial charge in [-0.05, 0) is 29.8 Å². The van der Waals surface area contributed by atoms with Crippen LogP contribution in [-0.2, 0) is 16.0 Å². The number of hydrogen-bond donors (Lipinski definition) is 1. The van der Waals surface area contributed by atoms with E-state index in [1.54, 1.807) is 7.11 Å². The zero-order valence-electron chi connectivity index (χ0n) is 15.0. The van der Waals surface area contributed by atoms with E-state index in [4.69, 9.17) is 24.1 Å². The summed E-state index contributed by atoms with van der Waals surface area (Å²) in [5.41, 5.74) is 0.881. The summed E-state index contributed by atoms with van der Waals surface area (Å²) in [6, 6.07) is 14.8. The van der Waals surface area contributed by atoms with Crippen LogP contribution in [0.5, 0.6) is 17.2 Å². The fourth-order valence-corrected chi connectivity index (χ4v) is 2.38. The molecule has 0 amide bonds. The van der Waals surface area contributed by atoms with Gasteiger partial charge in [-0.2, -0.15) is 0 Å². The van der Waals surface area contributed by atoms with Gasteiger partial charge in [0.05, 0.1) is 20.3 Å². The average molecular weight is 360 g/mol. The molecule has 0 saturated heterocycles. The Bertz CT molecular complexity index is 683. The molecule has 0 heterocycles. The second-order valence-electron chi connectivity index (χ2n) is 5.61. The lowest BCUT2D eigenvalue weighted by atomic mass is 10.1. The predicted molar refractivity (Wildman–Crippen MR) is 97.2 cm³/mol. The molecule has 0 fully saturated rings. The Kier molecular flexibility index (Phi) is 7.76. The fourth-order valence-electron chi connectivity index (χ4n) is 2.38. The number of carboxylic acid groups (broad SMARTS) is 1. The van der Waals surface area contributed by atoms with E-state index in [2.05, 4.69) is 0 Å². The Morgan fingerprint density at radius 3 is 2.23 bits per heavy atom. The summed E-state index contributed by atoms with van der Waals surface area (Å²) >= 11 is 0. The van der Waals surface area contributed by atoms with Gasteiger partial charge in [0.2, 0.25) is 0 Å². The molecule has 0 aliphatic heterocycles. The van der Waals surface area contributed by atoms with Crippen LogP contribution in [0, 0.1) is 0 Å². The van der Waals surface area contributed by atoms with Gasteiger partial charge < -0.3 is 24.1 Å². The molecule has 0 aliphatic carbocycles. The first-order chi connectivity index (χ1) is 12.6. The SMILES string of the molecule is COc1ccccc1OCCCOc1ccc(C[C@H](OC)C(=O)O)cc1. The van der Waals surface area contributed by atoms with Crippen molar-refractivity contribution in [1.29, 1.82) is 0 Å². The van der Waals surface area contributed by atoms with Crippen molar-refractivity contribution in [2.24, 2.45) is 0 Å². The first kappa shape index (κ1) is 19.6. The normalized spacial score (nSPS) is 11.6. The minimum absolute atomic E-state index is 0.318. The molecular formula is C20H24O6. The van der Waals surface area contributed by atoms with Crippen LogP contribution in [0.4, 0.5) is 0 Å². The van der Waals surface area contributed by atoms with E-state index in [9.17, 15) is 4.79 Å². The van der Waals surface area contributed by atoms with Gasteiger partial charge in [0.15, 0.2) is 17.6 Å². The average Bonchev–Trinajstić information content (AvgIpc) is 2.67. The maximum atomic E-state index is 11.0. The first-order valence-electron chi connectivity index (χ1n) is 8.37. The Morgan fingerprint density at radius 1 is 0.962 bits per heavy atom. The molecule has 0 bridgehead atoms. The monoisotopic (exact) mass is 360 g/mol. The smallest absolute Gasteiger partial charge is 0.333 e. The number of hydrogen-bond acceptors (Lipinski definition) is 5. The minimum Gasteiger partial charge on any atom is -0.493 e. The van der Waals surface area contributed by atoms with Crippen LogP contribution in [0.3, 0.4) is 0 Å². The number of methoxy groups -OCH3 is 2. The molecule has 0 aliphatic rings. The maximum Gasteiger partial charge on any atom is 0.333 e. The van der Waals surface area contributed by atoms with Crippen molar-refractivity contribution < 1.29 is 28.8 Å². The highest BCUT2D eigenvalue weighted by Crippen LogP contribution is 2.25. The van der Waals surface area contributed by atoms with E-state index in [1.807, 2.05) is 48.5 Å². The molecule has 0 aromatic heterocycles. The summed E-state index contributed by atoms with van der Waals surface area (Å²) in [5, 5.41) is 9.00. The number of benzene rings is 2. The predicted octanol–water partition coefficient (Wildman–Crippen LogP) is 3.19. The van der Waals surface area contributed by atoms with Crippen molar-refractivity contribution in [3.05, 3.63) is 54.1 Å². The third kappa shape index (κ3) is 5.97. The molecule has 0 spiro atoms. The molecule has 140 valence electrons. The van der Waals surface area contributed by atoms with Crippen molar-refractivity contribution in [1.82, 2.24) is 0 Å². The molecule has 6 nitrogen and oxygen atoms in total. The largest absolute Gasteiger partial charge is 0.493 e. The highest BCUT2D eigenvalue weighted by atomic mass is 16.5. The van der Waals surface area contributed by atoms with Crippen molar-refractivity contribution in [3.63, 3.8) is 0 Å². The molecule has 1 N–H and O–H groups in total. The minimum atomic E-state index is -0.970. The number of para-hydroxylation sites is 2. The summed E-state index contributed by atoms with van der Waals surface area (Å²) in [7, 11) is 3.00. The van der Waals surface area contributed by atoms with Gasteiger partial charge in [-0.25, -0.2) is 4.79 Å². The lowest BCUT2D eigenvalue weighted by molar-refractivity contribution is -0.148. The summed E-state index contributed by atoms with van der Waals surface area (Å²) in [4.78, 5) is 11.0. The summed E-state index contributed by atoms with van der Waals surface area (Å²) < 4.78 is 21.5. The molecule has 26 heavy (non-hydrogen) atoms. The van der Waals surface area contributed by atoms with E-state index >= 15 is 0 Å². The number of aliphatic carboxylic acids is 1. The lowest BCUT2D eigenvalue weighted by Gasteiger charge is -2.12.